The molecule has 0 spiro atoms. The van der Waals surface area contributed by atoms with E-state index < -0.39 is 6.04 Å². The molecule has 1 aliphatic rings. The molecule has 3 heterocycles. The van der Waals surface area contributed by atoms with Gasteiger partial charge in [-0.3, -0.25) is 9.36 Å². The van der Waals surface area contributed by atoms with E-state index in [1.54, 1.807) is 17.0 Å². The second-order valence-electron chi connectivity index (χ2n) is 7.68. The van der Waals surface area contributed by atoms with Crippen LogP contribution in [0.3, 0.4) is 0 Å². The topological polar surface area (TPSA) is 148 Å². The molecule has 0 saturated heterocycles. The van der Waals surface area contributed by atoms with Gasteiger partial charge >= 0.3 is 0 Å². The first kappa shape index (κ1) is 19.6. The van der Waals surface area contributed by atoms with Gasteiger partial charge in [0.05, 0.1) is 35.5 Å². The summed E-state index contributed by atoms with van der Waals surface area (Å²) in [7, 11) is 0. The predicted molar refractivity (Wildman–Crippen MR) is 118 cm³/mol. The van der Waals surface area contributed by atoms with Crippen LogP contribution >= 0.6 is 0 Å². The van der Waals surface area contributed by atoms with E-state index in [-0.39, 0.29) is 23.1 Å². The summed E-state index contributed by atoms with van der Waals surface area (Å²) in [6.07, 6.45) is 6.43. The number of nitrogens with one attached hydrogen (secondary N) is 1. The van der Waals surface area contributed by atoms with Crippen LogP contribution in [0.25, 0.3) is 22.0 Å². The summed E-state index contributed by atoms with van der Waals surface area (Å²) < 4.78 is 1.76. The van der Waals surface area contributed by atoms with Crippen molar-refractivity contribution in [2.45, 2.75) is 31.8 Å². The Morgan fingerprint density at radius 1 is 1.22 bits per heavy atom. The maximum atomic E-state index is 13.7. The van der Waals surface area contributed by atoms with Gasteiger partial charge in [0, 0.05) is 11.6 Å². The van der Waals surface area contributed by atoms with Crippen molar-refractivity contribution < 1.29 is 0 Å². The third kappa shape index (κ3) is 3.39. The van der Waals surface area contributed by atoms with Crippen molar-refractivity contribution in [3.8, 4) is 17.2 Å². The molecule has 1 fully saturated rings. The lowest BCUT2D eigenvalue weighted by molar-refractivity contribution is 0.609. The smallest absolute Gasteiger partial charge is 0.262 e. The molecule has 0 radical (unpaired) electrons. The number of hydrogen-bond acceptors (Lipinski definition) is 9. The van der Waals surface area contributed by atoms with Gasteiger partial charge in [0.15, 0.2) is 0 Å². The largest absolute Gasteiger partial charge is 0.368 e. The number of aromatic nitrogens is 6. The highest BCUT2D eigenvalue weighted by Crippen LogP contribution is 2.37. The van der Waals surface area contributed by atoms with Crippen molar-refractivity contribution in [3.05, 3.63) is 64.6 Å². The molecule has 158 valence electrons. The van der Waals surface area contributed by atoms with Crippen LogP contribution < -0.4 is 16.6 Å². The molecule has 0 bridgehead atoms. The van der Waals surface area contributed by atoms with Crippen molar-refractivity contribution in [1.82, 2.24) is 29.7 Å². The predicted octanol–water partition coefficient (Wildman–Crippen LogP) is 2.61. The van der Waals surface area contributed by atoms with Crippen molar-refractivity contribution in [2.24, 2.45) is 0 Å². The molecular weight excluding hydrogens is 406 g/mol. The number of hydrogen-bond donors (Lipinski definition) is 2. The van der Waals surface area contributed by atoms with E-state index in [4.69, 9.17) is 10.7 Å². The molecule has 1 aliphatic carbocycles. The molecule has 10 nitrogen and oxygen atoms in total. The molecule has 10 heteroatoms. The zero-order valence-corrected chi connectivity index (χ0v) is 17.2. The fraction of sp³-hybridized carbons (Fsp3) is 0.227. The fourth-order valence-corrected chi connectivity index (χ4v) is 3.80. The first-order valence-electron chi connectivity index (χ1n) is 10.2. The van der Waals surface area contributed by atoms with Gasteiger partial charge in [0.1, 0.15) is 23.3 Å². The zero-order chi connectivity index (χ0) is 22.2. The van der Waals surface area contributed by atoms with Crippen molar-refractivity contribution in [2.75, 3.05) is 11.1 Å². The monoisotopic (exact) mass is 425 g/mol. The molecule has 3 aromatic heterocycles. The van der Waals surface area contributed by atoms with E-state index in [0.29, 0.717) is 22.5 Å². The number of nitrogens with two attached hydrogens (primary N) is 1. The number of nitriles is 1. The average Bonchev–Trinajstić information content (AvgIpc) is 3.64. The number of fused-ring (bicyclic) bond motifs is 1. The van der Waals surface area contributed by atoms with Crippen molar-refractivity contribution in [3.63, 3.8) is 0 Å². The number of anilines is 2. The second kappa shape index (κ2) is 7.70. The Hall–Kier alpha value is -4.39. The number of nitrogens with zero attached hydrogens (tertiary/aromatic N) is 7. The molecule has 0 aliphatic heterocycles. The van der Waals surface area contributed by atoms with Crippen LogP contribution in [0.5, 0.6) is 0 Å². The van der Waals surface area contributed by atoms with E-state index in [1.165, 1.54) is 6.20 Å². The normalized spacial score (nSPS) is 14.1. The van der Waals surface area contributed by atoms with E-state index >= 15 is 0 Å². The SMILES string of the molecule is C[C@H](Nc1nc(N)ncc1C#N)c1nc2cccc(-c3ccnnc3)c2c(=O)n1C1CC1. The molecule has 3 N–H and O–H groups in total. The Bertz CT molecular complexity index is 1420. The Morgan fingerprint density at radius 3 is 2.78 bits per heavy atom. The molecular formula is C22H19N9O. The molecule has 1 atom stereocenters. The molecule has 32 heavy (non-hydrogen) atoms. The summed E-state index contributed by atoms with van der Waals surface area (Å²) in [6, 6.07) is 9.15. The Morgan fingerprint density at radius 2 is 2.06 bits per heavy atom. The van der Waals surface area contributed by atoms with Crippen LogP contribution in [0.4, 0.5) is 11.8 Å². The summed E-state index contributed by atoms with van der Waals surface area (Å²) in [5.41, 5.74) is 8.03. The van der Waals surface area contributed by atoms with Crippen LogP contribution in [-0.2, 0) is 0 Å². The molecule has 4 aromatic rings. The Labute approximate surface area is 182 Å². The van der Waals surface area contributed by atoms with Gasteiger partial charge in [-0.1, -0.05) is 12.1 Å². The van der Waals surface area contributed by atoms with E-state index in [0.717, 1.165) is 24.0 Å². The maximum Gasteiger partial charge on any atom is 0.262 e. The molecule has 5 rings (SSSR count). The summed E-state index contributed by atoms with van der Waals surface area (Å²) in [5.74, 6) is 0.942. The lowest BCUT2D eigenvalue weighted by Crippen LogP contribution is -2.28. The third-order valence-corrected chi connectivity index (χ3v) is 5.43. The lowest BCUT2D eigenvalue weighted by Gasteiger charge is -2.21. The van der Waals surface area contributed by atoms with Gasteiger partial charge in [0.2, 0.25) is 5.95 Å². The summed E-state index contributed by atoms with van der Waals surface area (Å²) in [4.78, 5) is 26.6. The van der Waals surface area contributed by atoms with Crippen LogP contribution in [-0.4, -0.2) is 29.7 Å². The van der Waals surface area contributed by atoms with E-state index in [9.17, 15) is 10.1 Å². The Kier molecular flexibility index (Phi) is 4.71. The van der Waals surface area contributed by atoms with E-state index in [1.807, 2.05) is 31.2 Å². The van der Waals surface area contributed by atoms with Gasteiger partial charge in [0.25, 0.3) is 5.56 Å². The standard InChI is InChI=1S/C22H19N9O/c1-12(28-19-14(9-23)10-25-22(24)30-19)20-29-17-4-2-3-16(13-7-8-26-27-11-13)18(17)21(32)31(20)15-5-6-15/h2-4,7-8,10-12,15H,5-6H2,1H3,(H3,24,25,28,30)/t12-/m0/s1. The quantitative estimate of drug-likeness (QED) is 0.492. The fourth-order valence-electron chi connectivity index (χ4n) is 3.80. The molecule has 0 unspecified atom stereocenters. The first-order valence-corrected chi connectivity index (χ1v) is 10.2. The molecule has 1 saturated carbocycles. The van der Waals surface area contributed by atoms with Gasteiger partial charge in [-0.25, -0.2) is 9.97 Å². The minimum Gasteiger partial charge on any atom is -0.368 e. The van der Waals surface area contributed by atoms with Crippen molar-refractivity contribution >= 4 is 22.7 Å². The van der Waals surface area contributed by atoms with Gasteiger partial charge < -0.3 is 11.1 Å². The second-order valence-corrected chi connectivity index (χ2v) is 7.68. The van der Waals surface area contributed by atoms with Crippen molar-refractivity contribution in [1.29, 1.82) is 5.26 Å². The van der Waals surface area contributed by atoms with Crippen LogP contribution in [0.15, 0.2) is 47.7 Å². The van der Waals surface area contributed by atoms with Gasteiger partial charge in [-0.05, 0) is 37.5 Å². The number of nitrogen functional groups attached to an aromatic ring is 1. The molecule has 1 aromatic carbocycles. The van der Waals surface area contributed by atoms with Crippen LogP contribution in [0.2, 0.25) is 0 Å². The zero-order valence-electron chi connectivity index (χ0n) is 17.2. The maximum absolute atomic E-state index is 13.7. The average molecular weight is 425 g/mol. The highest BCUT2D eigenvalue weighted by Gasteiger charge is 2.31. The van der Waals surface area contributed by atoms with Gasteiger partial charge in [-0.2, -0.15) is 20.4 Å². The highest BCUT2D eigenvalue weighted by molar-refractivity contribution is 5.93. The summed E-state index contributed by atoms with van der Waals surface area (Å²) in [5, 5.41) is 20.9. The van der Waals surface area contributed by atoms with Crippen LogP contribution in [0, 0.1) is 11.3 Å². The van der Waals surface area contributed by atoms with Crippen LogP contribution in [0.1, 0.15) is 43.2 Å². The van der Waals surface area contributed by atoms with Gasteiger partial charge in [-0.15, -0.1) is 0 Å². The van der Waals surface area contributed by atoms with E-state index in [2.05, 4.69) is 31.6 Å². The summed E-state index contributed by atoms with van der Waals surface area (Å²) >= 11 is 0. The first-order chi connectivity index (χ1) is 15.6. The highest BCUT2D eigenvalue weighted by atomic mass is 16.1. The third-order valence-electron chi connectivity index (χ3n) is 5.43. The minimum atomic E-state index is -0.402. The minimum absolute atomic E-state index is 0.0559. The summed E-state index contributed by atoms with van der Waals surface area (Å²) in [6.45, 7) is 1.88. The number of benzene rings is 1. The number of rotatable bonds is 5. The Balaban J connectivity index is 1.66. The molecule has 0 amide bonds. The lowest BCUT2D eigenvalue weighted by atomic mass is 10.0.